The van der Waals surface area contributed by atoms with Crippen LogP contribution in [0.4, 0.5) is 5.69 Å². The zero-order chi connectivity index (χ0) is 16.8. The number of pyridine rings is 1. The van der Waals surface area contributed by atoms with Crippen molar-refractivity contribution >= 4 is 11.6 Å². The summed E-state index contributed by atoms with van der Waals surface area (Å²) < 4.78 is 5.27. The Morgan fingerprint density at radius 2 is 2.48 bits per heavy atom. The van der Waals surface area contributed by atoms with Crippen LogP contribution in [0.25, 0.3) is 0 Å². The lowest BCUT2D eigenvalue weighted by atomic mass is 9.95. The molecule has 1 aromatic heterocycles. The summed E-state index contributed by atoms with van der Waals surface area (Å²) in [6.07, 6.45) is 0.302. The van der Waals surface area contributed by atoms with E-state index in [1.54, 1.807) is 6.92 Å². The van der Waals surface area contributed by atoms with Crippen LogP contribution in [0.15, 0.2) is 6.07 Å². The number of ether oxygens (including phenoxy) is 1. The number of nitriles is 1. The molecule has 0 aliphatic carbocycles. The van der Waals surface area contributed by atoms with E-state index in [0.29, 0.717) is 19.7 Å². The summed E-state index contributed by atoms with van der Waals surface area (Å²) in [7, 11) is 0. The maximum absolute atomic E-state index is 12.2. The van der Waals surface area contributed by atoms with Crippen molar-refractivity contribution < 1.29 is 14.6 Å². The number of carbonyl (C=O) groups excluding carboxylic acids is 1. The number of rotatable bonds is 5. The van der Waals surface area contributed by atoms with Crippen LogP contribution in [0.1, 0.15) is 29.4 Å². The van der Waals surface area contributed by atoms with E-state index in [4.69, 9.17) is 15.7 Å². The number of nitrogens with two attached hydrogens (primary N) is 1. The Morgan fingerprint density at radius 3 is 3.13 bits per heavy atom. The van der Waals surface area contributed by atoms with Crippen molar-refractivity contribution in [3.63, 3.8) is 0 Å². The van der Waals surface area contributed by atoms with Gasteiger partial charge in [0.2, 0.25) is 5.88 Å². The summed E-state index contributed by atoms with van der Waals surface area (Å²) in [4.78, 5) is 16.3. The molecule has 2 atom stereocenters. The molecule has 2 heterocycles. The molecule has 1 aliphatic heterocycles. The molecule has 0 saturated carbocycles. The maximum atomic E-state index is 12.2. The van der Waals surface area contributed by atoms with Gasteiger partial charge in [-0.15, -0.1) is 0 Å². The number of nitrogen functional groups attached to an aromatic ring is 1. The number of amides is 1. The molecule has 0 aromatic carbocycles. The van der Waals surface area contributed by atoms with Crippen LogP contribution in [0.2, 0.25) is 0 Å². The van der Waals surface area contributed by atoms with E-state index >= 15 is 0 Å². The second kappa shape index (κ2) is 7.76. The predicted octanol–water partition coefficient (Wildman–Crippen LogP) is -0.366. The number of aliphatic hydroxyl groups is 1. The maximum Gasteiger partial charge on any atom is 0.270 e. The minimum absolute atomic E-state index is 0.00212. The van der Waals surface area contributed by atoms with E-state index in [0.717, 1.165) is 13.0 Å². The average molecular weight is 319 g/mol. The second-order valence-electron chi connectivity index (χ2n) is 5.35. The van der Waals surface area contributed by atoms with Gasteiger partial charge in [-0.3, -0.25) is 4.79 Å². The molecule has 0 spiro atoms. The summed E-state index contributed by atoms with van der Waals surface area (Å²) in [5.41, 5.74) is 6.16. The van der Waals surface area contributed by atoms with Crippen LogP contribution in [0, 0.1) is 17.2 Å². The minimum Gasteiger partial charge on any atom is -0.477 e. The first kappa shape index (κ1) is 17.0. The smallest absolute Gasteiger partial charge is 0.270 e. The topological polar surface area (TPSA) is 133 Å². The zero-order valence-corrected chi connectivity index (χ0v) is 13.0. The van der Waals surface area contributed by atoms with Crippen LogP contribution >= 0.6 is 0 Å². The summed E-state index contributed by atoms with van der Waals surface area (Å²) in [6, 6.07) is 3.28. The van der Waals surface area contributed by atoms with Gasteiger partial charge in [0.25, 0.3) is 5.91 Å². The number of nitrogens with one attached hydrogen (secondary N) is 2. The summed E-state index contributed by atoms with van der Waals surface area (Å²) >= 11 is 0. The van der Waals surface area contributed by atoms with Crippen LogP contribution in [-0.2, 0) is 0 Å². The largest absolute Gasteiger partial charge is 0.477 e. The molecule has 0 radical (unpaired) electrons. The number of aliphatic hydroxyl groups excluding tert-OH is 1. The third-order valence-electron chi connectivity index (χ3n) is 3.76. The molecule has 8 nitrogen and oxygen atoms in total. The molecule has 124 valence electrons. The van der Waals surface area contributed by atoms with Crippen molar-refractivity contribution in [1.82, 2.24) is 15.6 Å². The van der Waals surface area contributed by atoms with Gasteiger partial charge in [0.15, 0.2) is 0 Å². The lowest BCUT2D eigenvalue weighted by molar-refractivity contribution is 0.0751. The molecule has 2 unspecified atom stereocenters. The number of β-amino-alcohol motifs (C(OH)–C–C–N with tert-alkyl or cyclic N) is 1. The van der Waals surface area contributed by atoms with E-state index in [2.05, 4.69) is 15.6 Å². The number of piperidine rings is 1. The highest BCUT2D eigenvalue weighted by Crippen LogP contribution is 2.22. The van der Waals surface area contributed by atoms with Crippen molar-refractivity contribution in [1.29, 1.82) is 5.26 Å². The van der Waals surface area contributed by atoms with E-state index in [-0.39, 0.29) is 28.7 Å². The van der Waals surface area contributed by atoms with E-state index in [1.165, 1.54) is 6.07 Å². The molecule has 1 aliphatic rings. The van der Waals surface area contributed by atoms with E-state index < -0.39 is 12.0 Å². The number of nitrogens with zero attached hydrogens (tertiary/aromatic N) is 2. The van der Waals surface area contributed by atoms with Crippen molar-refractivity contribution in [3.8, 4) is 11.9 Å². The molecular formula is C15H21N5O3. The second-order valence-corrected chi connectivity index (χ2v) is 5.35. The normalized spacial score (nSPS) is 20.6. The van der Waals surface area contributed by atoms with Crippen molar-refractivity contribution in [2.24, 2.45) is 5.92 Å². The molecular weight excluding hydrogens is 298 g/mol. The fourth-order valence-corrected chi connectivity index (χ4v) is 2.46. The molecule has 2 rings (SSSR count). The molecule has 1 fully saturated rings. The summed E-state index contributed by atoms with van der Waals surface area (Å²) in [5.74, 6) is -0.350. The molecule has 8 heteroatoms. The quantitative estimate of drug-likeness (QED) is 0.582. The van der Waals surface area contributed by atoms with Gasteiger partial charge in [0.05, 0.1) is 18.4 Å². The van der Waals surface area contributed by atoms with Gasteiger partial charge in [0.1, 0.15) is 17.3 Å². The average Bonchev–Trinajstić information content (AvgIpc) is 2.54. The van der Waals surface area contributed by atoms with Gasteiger partial charge < -0.3 is 26.2 Å². The Hall–Kier alpha value is -2.37. The standard InChI is InChI=1S/C15H21N5O3/c1-2-23-15-10(6-16)11(17)5-12(20-15)14(22)19-7-9-3-4-18-8-13(9)21/h5,9,13,18,21H,2-4,7-8H2,1H3,(H2,17,20)(H,19,22). The highest BCUT2D eigenvalue weighted by Gasteiger charge is 2.24. The highest BCUT2D eigenvalue weighted by molar-refractivity contribution is 5.93. The molecule has 0 bridgehead atoms. The Morgan fingerprint density at radius 1 is 1.70 bits per heavy atom. The number of hydrogen-bond acceptors (Lipinski definition) is 7. The van der Waals surface area contributed by atoms with Crippen LogP contribution in [0.3, 0.4) is 0 Å². The Balaban J connectivity index is 2.08. The predicted molar refractivity (Wildman–Crippen MR) is 83.9 cm³/mol. The molecule has 1 amide bonds. The van der Waals surface area contributed by atoms with Crippen LogP contribution in [0.5, 0.6) is 5.88 Å². The first-order chi connectivity index (χ1) is 11.1. The molecule has 1 saturated heterocycles. The summed E-state index contributed by atoms with van der Waals surface area (Å²) in [5, 5.41) is 24.8. The lowest BCUT2D eigenvalue weighted by Crippen LogP contribution is -2.45. The Kier molecular flexibility index (Phi) is 5.73. The number of anilines is 1. The van der Waals surface area contributed by atoms with Crippen LogP contribution in [-0.4, -0.2) is 48.3 Å². The van der Waals surface area contributed by atoms with Gasteiger partial charge >= 0.3 is 0 Å². The van der Waals surface area contributed by atoms with Gasteiger partial charge in [-0.05, 0) is 26.0 Å². The van der Waals surface area contributed by atoms with Gasteiger partial charge in [-0.1, -0.05) is 0 Å². The number of hydrogen-bond donors (Lipinski definition) is 4. The monoisotopic (exact) mass is 319 g/mol. The lowest BCUT2D eigenvalue weighted by Gasteiger charge is -2.28. The fourth-order valence-electron chi connectivity index (χ4n) is 2.46. The van der Waals surface area contributed by atoms with E-state index in [9.17, 15) is 9.90 Å². The Bertz CT molecular complexity index is 614. The fraction of sp³-hybridized carbons (Fsp3) is 0.533. The van der Waals surface area contributed by atoms with Gasteiger partial charge in [-0.25, -0.2) is 4.98 Å². The number of aromatic nitrogens is 1. The van der Waals surface area contributed by atoms with Gasteiger partial charge in [0, 0.05) is 19.0 Å². The summed E-state index contributed by atoms with van der Waals surface area (Å²) in [6.45, 7) is 3.76. The first-order valence-corrected chi connectivity index (χ1v) is 7.57. The molecule has 5 N–H and O–H groups in total. The SMILES string of the molecule is CCOc1nc(C(=O)NCC2CCNCC2O)cc(N)c1C#N. The first-order valence-electron chi connectivity index (χ1n) is 7.57. The zero-order valence-electron chi connectivity index (χ0n) is 13.0. The van der Waals surface area contributed by atoms with Crippen molar-refractivity contribution in [2.45, 2.75) is 19.4 Å². The van der Waals surface area contributed by atoms with Crippen molar-refractivity contribution in [3.05, 3.63) is 17.3 Å². The molecule has 1 aromatic rings. The van der Waals surface area contributed by atoms with Crippen molar-refractivity contribution in [2.75, 3.05) is 32.0 Å². The Labute approximate surface area is 134 Å². The van der Waals surface area contributed by atoms with Gasteiger partial charge in [-0.2, -0.15) is 5.26 Å². The third kappa shape index (κ3) is 4.09. The third-order valence-corrected chi connectivity index (χ3v) is 3.76. The van der Waals surface area contributed by atoms with E-state index in [1.807, 2.05) is 6.07 Å². The molecule has 23 heavy (non-hydrogen) atoms. The highest BCUT2D eigenvalue weighted by atomic mass is 16.5. The minimum atomic E-state index is -0.484. The van der Waals surface area contributed by atoms with Crippen LogP contribution < -0.4 is 21.1 Å². The number of carbonyl (C=O) groups is 1.